The van der Waals surface area contributed by atoms with E-state index >= 15 is 0 Å². The van der Waals surface area contributed by atoms with Gasteiger partial charge in [-0.2, -0.15) is 0 Å². The van der Waals surface area contributed by atoms with Crippen LogP contribution >= 0.6 is 0 Å². The van der Waals surface area contributed by atoms with Gasteiger partial charge in [0.2, 0.25) is 0 Å². The minimum absolute atomic E-state index is 0.0223. The zero-order chi connectivity index (χ0) is 13.9. The number of aliphatic hydroxyl groups excluding tert-OH is 1. The molecule has 0 aliphatic heterocycles. The topological polar surface area (TPSA) is 52.6 Å². The molecule has 0 spiro atoms. The summed E-state index contributed by atoms with van der Waals surface area (Å²) in [4.78, 5) is 14.2. The molecule has 0 aromatic heterocycles. The number of anilines is 1. The first kappa shape index (κ1) is 13.9. The molecular weight excluding hydrogens is 240 g/mol. The Morgan fingerprint density at radius 1 is 1.26 bits per heavy atom. The molecule has 1 aliphatic rings. The Morgan fingerprint density at radius 2 is 1.84 bits per heavy atom. The first-order chi connectivity index (χ1) is 9.06. The summed E-state index contributed by atoms with van der Waals surface area (Å²) in [5, 5.41) is 12.5. The zero-order valence-corrected chi connectivity index (χ0v) is 11.6. The molecular formula is C15H22N2O2. The van der Waals surface area contributed by atoms with E-state index in [1.807, 2.05) is 43.3 Å². The molecule has 1 aromatic rings. The first-order valence-corrected chi connectivity index (χ1v) is 6.77. The van der Waals surface area contributed by atoms with Gasteiger partial charge in [-0.15, -0.1) is 0 Å². The van der Waals surface area contributed by atoms with Gasteiger partial charge in [-0.05, 0) is 37.1 Å². The van der Waals surface area contributed by atoms with Gasteiger partial charge < -0.3 is 15.3 Å². The Balaban J connectivity index is 2.07. The predicted octanol–water partition coefficient (Wildman–Crippen LogP) is 1.79. The highest BCUT2D eigenvalue weighted by Crippen LogP contribution is 2.29. The minimum atomic E-state index is -0.405. The number of benzene rings is 1. The Kier molecular flexibility index (Phi) is 4.10. The summed E-state index contributed by atoms with van der Waals surface area (Å²) in [6.07, 6.45) is 3.87. The lowest BCUT2D eigenvalue weighted by atomic mass is 9.98. The van der Waals surface area contributed by atoms with E-state index in [4.69, 9.17) is 0 Å². The number of nitrogens with one attached hydrogen (secondary N) is 1. The number of aliphatic hydroxyl groups is 1. The van der Waals surface area contributed by atoms with Crippen molar-refractivity contribution in [3.8, 4) is 0 Å². The predicted molar refractivity (Wildman–Crippen MR) is 76.5 cm³/mol. The van der Waals surface area contributed by atoms with Crippen molar-refractivity contribution in [2.75, 3.05) is 25.6 Å². The van der Waals surface area contributed by atoms with Crippen molar-refractivity contribution in [2.45, 2.75) is 31.2 Å². The summed E-state index contributed by atoms with van der Waals surface area (Å²) in [6.45, 7) is 0.0223. The highest BCUT2D eigenvalue weighted by atomic mass is 16.3. The van der Waals surface area contributed by atoms with Crippen molar-refractivity contribution >= 4 is 11.6 Å². The van der Waals surface area contributed by atoms with Crippen molar-refractivity contribution < 1.29 is 9.90 Å². The summed E-state index contributed by atoms with van der Waals surface area (Å²) in [5.41, 5.74) is 1.30. The fraction of sp³-hybridized carbons (Fsp3) is 0.533. The Bertz CT molecular complexity index is 434. The van der Waals surface area contributed by atoms with Crippen LogP contribution in [-0.4, -0.2) is 37.3 Å². The normalized spacial score (nSPS) is 17.2. The maximum absolute atomic E-state index is 12.2. The fourth-order valence-electron chi connectivity index (χ4n) is 2.60. The fourth-order valence-corrected chi connectivity index (χ4v) is 2.60. The van der Waals surface area contributed by atoms with Crippen molar-refractivity contribution in [2.24, 2.45) is 0 Å². The third-order valence-electron chi connectivity index (χ3n) is 3.89. The third-order valence-corrected chi connectivity index (χ3v) is 3.89. The molecule has 1 fully saturated rings. The molecule has 4 nitrogen and oxygen atoms in total. The van der Waals surface area contributed by atoms with Crippen LogP contribution in [0.4, 0.5) is 5.69 Å². The Labute approximate surface area is 114 Å². The second-order valence-electron chi connectivity index (χ2n) is 5.54. The van der Waals surface area contributed by atoms with Gasteiger partial charge in [0.15, 0.2) is 0 Å². The maximum Gasteiger partial charge on any atom is 0.251 e. The molecule has 1 saturated carbocycles. The highest BCUT2D eigenvalue weighted by Gasteiger charge is 2.34. The van der Waals surface area contributed by atoms with Gasteiger partial charge in [0.1, 0.15) is 0 Å². The number of carbonyl (C=O) groups is 1. The van der Waals surface area contributed by atoms with Gasteiger partial charge in [-0.25, -0.2) is 0 Å². The number of rotatable bonds is 4. The van der Waals surface area contributed by atoms with Crippen LogP contribution in [0.3, 0.4) is 0 Å². The number of hydrogen-bond donors (Lipinski definition) is 2. The molecule has 0 saturated heterocycles. The Hall–Kier alpha value is -1.55. The number of amides is 1. The van der Waals surface area contributed by atoms with Crippen LogP contribution in [0.15, 0.2) is 24.3 Å². The smallest absolute Gasteiger partial charge is 0.251 e. The van der Waals surface area contributed by atoms with E-state index < -0.39 is 5.54 Å². The van der Waals surface area contributed by atoms with Crippen LogP contribution in [0.1, 0.15) is 36.0 Å². The zero-order valence-electron chi connectivity index (χ0n) is 11.6. The van der Waals surface area contributed by atoms with E-state index in [0.29, 0.717) is 5.56 Å². The largest absolute Gasteiger partial charge is 0.394 e. The number of nitrogens with zero attached hydrogens (tertiary/aromatic N) is 1. The average Bonchev–Trinajstić information content (AvgIpc) is 2.88. The summed E-state index contributed by atoms with van der Waals surface area (Å²) in [5.74, 6) is -0.0961. The quantitative estimate of drug-likeness (QED) is 0.870. The molecule has 1 aromatic carbocycles. The number of carbonyl (C=O) groups excluding carboxylic acids is 1. The molecule has 2 N–H and O–H groups in total. The SMILES string of the molecule is CN(C)c1ccc(C(=O)NC2(CO)CCCC2)cc1. The van der Waals surface area contributed by atoms with Crippen molar-refractivity contribution in [3.05, 3.63) is 29.8 Å². The maximum atomic E-state index is 12.2. The van der Waals surface area contributed by atoms with E-state index in [-0.39, 0.29) is 12.5 Å². The second-order valence-corrected chi connectivity index (χ2v) is 5.54. The van der Waals surface area contributed by atoms with Crippen molar-refractivity contribution in [1.29, 1.82) is 0 Å². The standard InChI is InChI=1S/C15H22N2O2/c1-17(2)13-7-5-12(6-8-13)14(19)16-15(11-18)9-3-4-10-15/h5-8,18H,3-4,9-11H2,1-2H3,(H,16,19). The lowest BCUT2D eigenvalue weighted by Gasteiger charge is -2.28. The van der Waals surface area contributed by atoms with Crippen molar-refractivity contribution in [1.82, 2.24) is 5.32 Å². The molecule has 19 heavy (non-hydrogen) atoms. The lowest BCUT2D eigenvalue weighted by molar-refractivity contribution is 0.0838. The van der Waals surface area contributed by atoms with Crippen LogP contribution in [0.2, 0.25) is 0 Å². The van der Waals surface area contributed by atoms with Gasteiger partial charge in [0, 0.05) is 25.3 Å². The average molecular weight is 262 g/mol. The van der Waals surface area contributed by atoms with E-state index in [9.17, 15) is 9.90 Å². The van der Waals surface area contributed by atoms with Gasteiger partial charge in [0.05, 0.1) is 12.1 Å². The van der Waals surface area contributed by atoms with E-state index in [2.05, 4.69) is 5.32 Å². The highest BCUT2D eigenvalue weighted by molar-refractivity contribution is 5.95. The molecule has 0 radical (unpaired) electrons. The van der Waals surface area contributed by atoms with Crippen molar-refractivity contribution in [3.63, 3.8) is 0 Å². The van der Waals surface area contributed by atoms with Gasteiger partial charge in [-0.3, -0.25) is 4.79 Å². The Morgan fingerprint density at radius 3 is 2.32 bits per heavy atom. The monoisotopic (exact) mass is 262 g/mol. The summed E-state index contributed by atoms with van der Waals surface area (Å²) < 4.78 is 0. The lowest BCUT2D eigenvalue weighted by Crippen LogP contribution is -2.49. The molecule has 1 amide bonds. The van der Waals surface area contributed by atoms with Crippen LogP contribution in [0.5, 0.6) is 0 Å². The van der Waals surface area contributed by atoms with Crippen LogP contribution in [-0.2, 0) is 0 Å². The molecule has 2 rings (SSSR count). The second kappa shape index (κ2) is 5.61. The van der Waals surface area contributed by atoms with Crippen LogP contribution in [0.25, 0.3) is 0 Å². The molecule has 0 unspecified atom stereocenters. The van der Waals surface area contributed by atoms with Gasteiger partial charge >= 0.3 is 0 Å². The van der Waals surface area contributed by atoms with Crippen LogP contribution < -0.4 is 10.2 Å². The number of hydrogen-bond acceptors (Lipinski definition) is 3. The first-order valence-electron chi connectivity index (χ1n) is 6.77. The van der Waals surface area contributed by atoms with E-state index in [1.165, 1.54) is 0 Å². The molecule has 1 aliphatic carbocycles. The molecule has 0 atom stereocenters. The van der Waals surface area contributed by atoms with Crippen LogP contribution in [0, 0.1) is 0 Å². The van der Waals surface area contributed by atoms with E-state index in [1.54, 1.807) is 0 Å². The van der Waals surface area contributed by atoms with E-state index in [0.717, 1.165) is 31.4 Å². The van der Waals surface area contributed by atoms with Gasteiger partial charge in [-0.1, -0.05) is 12.8 Å². The molecule has 104 valence electrons. The minimum Gasteiger partial charge on any atom is -0.394 e. The molecule has 4 heteroatoms. The molecule has 0 bridgehead atoms. The summed E-state index contributed by atoms with van der Waals surface area (Å²) in [7, 11) is 3.93. The van der Waals surface area contributed by atoms with Gasteiger partial charge in [0.25, 0.3) is 5.91 Å². The summed E-state index contributed by atoms with van der Waals surface area (Å²) in [6, 6.07) is 7.50. The third kappa shape index (κ3) is 3.07. The summed E-state index contributed by atoms with van der Waals surface area (Å²) >= 11 is 0. The molecule has 0 heterocycles.